The number of hydrogen-bond acceptors (Lipinski definition) is 5. The number of rotatable bonds is 8. The lowest BCUT2D eigenvalue weighted by molar-refractivity contribution is -0.122. The molecule has 0 saturated carbocycles. The maximum absolute atomic E-state index is 13.7. The third-order valence-electron chi connectivity index (χ3n) is 7.02. The predicted molar refractivity (Wildman–Crippen MR) is 174 cm³/mol. The standard InChI is InChI=1S/C35H24BrClN2O5/c36-25-11-8-22(9-12-25)20-43-28-15-13-27(14-16-28)39-34(41)31(33(40)38-35(39)42)19-30-29-7-2-1-5-24(29)10-17-32(30)44-21-23-4-3-6-26(37)18-23/h1-19H,20-21H2,(H,38,40,42)/b31-19+. The Hall–Kier alpha value is -4.92. The average Bonchev–Trinajstić information content (AvgIpc) is 3.02. The number of ether oxygens (including phenoxy) is 2. The van der Waals surface area contributed by atoms with Gasteiger partial charge in [0.05, 0.1) is 5.69 Å². The molecule has 7 nitrogen and oxygen atoms in total. The Morgan fingerprint density at radius 2 is 1.52 bits per heavy atom. The minimum Gasteiger partial charge on any atom is -0.489 e. The monoisotopic (exact) mass is 666 g/mol. The van der Waals surface area contributed by atoms with Gasteiger partial charge in [0.1, 0.15) is 30.3 Å². The van der Waals surface area contributed by atoms with Crippen LogP contribution >= 0.6 is 27.5 Å². The molecule has 1 heterocycles. The summed E-state index contributed by atoms with van der Waals surface area (Å²) in [5.74, 6) is -0.520. The molecule has 6 rings (SSSR count). The van der Waals surface area contributed by atoms with E-state index in [2.05, 4.69) is 21.2 Å². The number of carbonyl (C=O) groups is 3. The van der Waals surface area contributed by atoms with Crippen LogP contribution in [0.2, 0.25) is 5.02 Å². The van der Waals surface area contributed by atoms with Crippen LogP contribution in [0.15, 0.2) is 119 Å². The minimum atomic E-state index is -0.837. The number of urea groups is 1. The third-order valence-corrected chi connectivity index (χ3v) is 7.78. The molecular formula is C35H24BrClN2O5. The summed E-state index contributed by atoms with van der Waals surface area (Å²) in [6, 6.07) is 32.0. The van der Waals surface area contributed by atoms with Crippen LogP contribution in [0.4, 0.5) is 10.5 Å². The Morgan fingerprint density at radius 1 is 0.773 bits per heavy atom. The zero-order valence-electron chi connectivity index (χ0n) is 23.1. The molecule has 0 spiro atoms. The van der Waals surface area contributed by atoms with Crippen molar-refractivity contribution >= 4 is 67.9 Å². The van der Waals surface area contributed by atoms with Crippen LogP contribution in [0.3, 0.4) is 0 Å². The van der Waals surface area contributed by atoms with Crippen molar-refractivity contribution in [3.05, 3.63) is 141 Å². The highest BCUT2D eigenvalue weighted by Crippen LogP contribution is 2.33. The number of nitrogens with one attached hydrogen (secondary N) is 1. The van der Waals surface area contributed by atoms with Crippen molar-refractivity contribution in [1.29, 1.82) is 0 Å². The average molecular weight is 668 g/mol. The van der Waals surface area contributed by atoms with Crippen molar-refractivity contribution in [1.82, 2.24) is 5.32 Å². The van der Waals surface area contributed by atoms with Crippen LogP contribution in [0, 0.1) is 0 Å². The second-order valence-electron chi connectivity index (χ2n) is 9.98. The molecule has 1 N–H and O–H groups in total. The van der Waals surface area contributed by atoms with E-state index in [0.29, 0.717) is 28.7 Å². The van der Waals surface area contributed by atoms with Gasteiger partial charge < -0.3 is 9.47 Å². The van der Waals surface area contributed by atoms with Gasteiger partial charge in [0.2, 0.25) is 0 Å². The first kappa shape index (κ1) is 29.2. The summed E-state index contributed by atoms with van der Waals surface area (Å²) in [6.45, 7) is 0.569. The number of fused-ring (bicyclic) bond motifs is 1. The molecule has 1 aliphatic heterocycles. The Labute approximate surface area is 266 Å². The van der Waals surface area contributed by atoms with Crippen molar-refractivity contribution in [2.45, 2.75) is 13.2 Å². The van der Waals surface area contributed by atoms with E-state index in [1.54, 1.807) is 42.5 Å². The first-order valence-corrected chi connectivity index (χ1v) is 14.8. The summed E-state index contributed by atoms with van der Waals surface area (Å²) in [5, 5.41) is 4.55. The second kappa shape index (κ2) is 12.8. The second-order valence-corrected chi connectivity index (χ2v) is 11.3. The van der Waals surface area contributed by atoms with Crippen molar-refractivity contribution < 1.29 is 23.9 Å². The number of nitrogens with zero attached hydrogens (tertiary/aromatic N) is 1. The SMILES string of the molecule is O=C1NC(=O)N(c2ccc(OCc3ccc(Br)cc3)cc2)C(=O)/C1=C/c1c(OCc2cccc(Cl)c2)ccc2ccccc12. The van der Waals surface area contributed by atoms with Gasteiger partial charge in [-0.05, 0) is 82.6 Å². The number of carbonyl (C=O) groups excluding carboxylic acids is 3. The molecule has 4 amide bonds. The van der Waals surface area contributed by atoms with Crippen LogP contribution in [-0.4, -0.2) is 17.8 Å². The summed E-state index contributed by atoms with van der Waals surface area (Å²) < 4.78 is 13.0. The van der Waals surface area contributed by atoms with E-state index >= 15 is 0 Å². The maximum atomic E-state index is 13.7. The fourth-order valence-electron chi connectivity index (χ4n) is 4.81. The number of benzene rings is 5. The smallest absolute Gasteiger partial charge is 0.335 e. The normalized spacial score (nSPS) is 14.2. The Morgan fingerprint density at radius 3 is 2.30 bits per heavy atom. The highest BCUT2D eigenvalue weighted by molar-refractivity contribution is 9.10. The molecule has 0 aliphatic carbocycles. The summed E-state index contributed by atoms with van der Waals surface area (Å²) in [4.78, 5) is 40.6. The number of imide groups is 2. The third kappa shape index (κ3) is 6.37. The van der Waals surface area contributed by atoms with E-state index < -0.39 is 17.8 Å². The molecule has 1 aliphatic rings. The molecule has 0 aromatic heterocycles. The first-order chi connectivity index (χ1) is 21.4. The molecule has 9 heteroatoms. The molecule has 0 unspecified atom stereocenters. The summed E-state index contributed by atoms with van der Waals surface area (Å²) in [6.07, 6.45) is 1.47. The zero-order chi connectivity index (χ0) is 30.6. The van der Waals surface area contributed by atoms with E-state index in [4.69, 9.17) is 21.1 Å². The summed E-state index contributed by atoms with van der Waals surface area (Å²) in [7, 11) is 0. The van der Waals surface area contributed by atoms with Gasteiger partial charge in [-0.15, -0.1) is 0 Å². The summed E-state index contributed by atoms with van der Waals surface area (Å²) in [5.41, 5.74) is 2.47. The number of amides is 4. The number of barbiturate groups is 1. The molecule has 1 saturated heterocycles. The highest BCUT2D eigenvalue weighted by atomic mass is 79.9. The highest BCUT2D eigenvalue weighted by Gasteiger charge is 2.37. The maximum Gasteiger partial charge on any atom is 0.335 e. The molecule has 0 radical (unpaired) electrons. The van der Waals surface area contributed by atoms with Crippen LogP contribution in [0.1, 0.15) is 16.7 Å². The molecule has 1 fully saturated rings. The van der Waals surface area contributed by atoms with Gasteiger partial charge in [0.15, 0.2) is 0 Å². The molecule has 0 atom stereocenters. The lowest BCUT2D eigenvalue weighted by Crippen LogP contribution is -2.54. The Bertz CT molecular complexity index is 1920. The molecule has 5 aromatic rings. The van der Waals surface area contributed by atoms with Crippen molar-refractivity contribution in [3.8, 4) is 11.5 Å². The van der Waals surface area contributed by atoms with Crippen molar-refractivity contribution in [2.24, 2.45) is 0 Å². The van der Waals surface area contributed by atoms with Crippen LogP contribution in [0.25, 0.3) is 16.8 Å². The fraction of sp³-hybridized carbons (Fsp3) is 0.0571. The van der Waals surface area contributed by atoms with Gasteiger partial charge in [-0.25, -0.2) is 9.69 Å². The topological polar surface area (TPSA) is 84.9 Å². The van der Waals surface area contributed by atoms with Gasteiger partial charge in [-0.1, -0.05) is 82.1 Å². The van der Waals surface area contributed by atoms with E-state index in [-0.39, 0.29) is 17.9 Å². The van der Waals surface area contributed by atoms with Crippen molar-refractivity contribution in [2.75, 3.05) is 4.90 Å². The summed E-state index contributed by atoms with van der Waals surface area (Å²) >= 11 is 9.55. The quantitative estimate of drug-likeness (QED) is 0.134. The molecular weight excluding hydrogens is 644 g/mol. The molecule has 0 bridgehead atoms. The lowest BCUT2D eigenvalue weighted by atomic mass is 9.99. The zero-order valence-corrected chi connectivity index (χ0v) is 25.5. The Balaban J connectivity index is 1.29. The number of halogens is 2. The number of anilines is 1. The van der Waals surface area contributed by atoms with E-state index in [9.17, 15) is 14.4 Å². The molecule has 5 aromatic carbocycles. The van der Waals surface area contributed by atoms with E-state index in [0.717, 1.165) is 31.3 Å². The van der Waals surface area contributed by atoms with Gasteiger partial charge >= 0.3 is 6.03 Å². The molecule has 218 valence electrons. The van der Waals surface area contributed by atoms with Crippen molar-refractivity contribution in [3.63, 3.8) is 0 Å². The fourth-order valence-corrected chi connectivity index (χ4v) is 5.29. The predicted octanol–water partition coefficient (Wildman–Crippen LogP) is 8.08. The van der Waals surface area contributed by atoms with Crippen LogP contribution in [0.5, 0.6) is 11.5 Å². The lowest BCUT2D eigenvalue weighted by Gasteiger charge is -2.26. The largest absolute Gasteiger partial charge is 0.489 e. The van der Waals surface area contributed by atoms with Crippen LogP contribution < -0.4 is 19.7 Å². The van der Waals surface area contributed by atoms with E-state index in [1.165, 1.54) is 6.08 Å². The number of hydrogen-bond donors (Lipinski definition) is 1. The minimum absolute atomic E-state index is 0.205. The van der Waals surface area contributed by atoms with E-state index in [1.807, 2.05) is 66.7 Å². The van der Waals surface area contributed by atoms with Crippen LogP contribution in [-0.2, 0) is 22.8 Å². The Kier molecular flexibility index (Phi) is 8.45. The van der Waals surface area contributed by atoms with Gasteiger partial charge in [0.25, 0.3) is 11.8 Å². The van der Waals surface area contributed by atoms with Gasteiger partial charge in [-0.3, -0.25) is 14.9 Å². The van der Waals surface area contributed by atoms with Gasteiger partial charge in [-0.2, -0.15) is 0 Å². The van der Waals surface area contributed by atoms with Gasteiger partial charge in [0, 0.05) is 15.1 Å². The molecule has 44 heavy (non-hydrogen) atoms. The first-order valence-electron chi connectivity index (χ1n) is 13.6.